The van der Waals surface area contributed by atoms with E-state index in [9.17, 15) is 9.59 Å². The Morgan fingerprint density at radius 1 is 1.06 bits per heavy atom. The molecule has 0 fully saturated rings. The van der Waals surface area contributed by atoms with Crippen LogP contribution in [-0.2, 0) is 14.3 Å². The first kappa shape index (κ1) is 26.0. The van der Waals surface area contributed by atoms with Gasteiger partial charge < -0.3 is 14.8 Å². The lowest BCUT2D eigenvalue weighted by Crippen LogP contribution is -2.36. The molecule has 1 aliphatic heterocycles. The van der Waals surface area contributed by atoms with Gasteiger partial charge in [0.05, 0.1) is 18.3 Å². The summed E-state index contributed by atoms with van der Waals surface area (Å²) in [5, 5.41) is 4.08. The summed E-state index contributed by atoms with van der Waals surface area (Å²) in [5.74, 6) is -0.0123. The molecule has 0 bridgehead atoms. The average molecular weight is 508 g/mol. The number of Topliss-reactive ketones (excluding diaryl/α,β-unsaturated/α-hetero) is 1. The molecule has 0 amide bonds. The summed E-state index contributed by atoms with van der Waals surface area (Å²) < 4.78 is 11.5. The Morgan fingerprint density at radius 3 is 2.36 bits per heavy atom. The number of benzene rings is 2. The van der Waals surface area contributed by atoms with Gasteiger partial charge >= 0.3 is 5.97 Å². The van der Waals surface area contributed by atoms with Gasteiger partial charge in [0.1, 0.15) is 5.75 Å². The van der Waals surface area contributed by atoms with E-state index in [1.165, 1.54) is 0 Å². The van der Waals surface area contributed by atoms with Gasteiger partial charge in [-0.15, -0.1) is 0 Å². The second kappa shape index (κ2) is 11.3. The van der Waals surface area contributed by atoms with Crippen LogP contribution in [0, 0.1) is 0 Å². The summed E-state index contributed by atoms with van der Waals surface area (Å²) in [6.45, 7) is 8.45. The molecule has 2 aromatic rings. The zero-order valence-electron chi connectivity index (χ0n) is 21.4. The van der Waals surface area contributed by atoms with E-state index < -0.39 is 5.92 Å². The smallest absolute Gasteiger partial charge is 0.337 e. The number of nitrogens with one attached hydrogen (secondary N) is 1. The van der Waals surface area contributed by atoms with Crippen molar-refractivity contribution in [2.24, 2.45) is 0 Å². The first-order valence-electron chi connectivity index (χ1n) is 12.8. The predicted octanol–water partition coefficient (Wildman–Crippen LogP) is 6.83. The highest BCUT2D eigenvalue weighted by Gasteiger charge is 2.41. The first-order chi connectivity index (χ1) is 17.3. The van der Waals surface area contributed by atoms with Crippen molar-refractivity contribution in [1.29, 1.82) is 0 Å². The second-order valence-electron chi connectivity index (χ2n) is 9.61. The summed E-state index contributed by atoms with van der Waals surface area (Å²) >= 11 is 6.08. The van der Waals surface area contributed by atoms with Crippen LogP contribution in [0.5, 0.6) is 5.75 Å². The molecule has 1 N–H and O–H groups in total. The Labute approximate surface area is 218 Å². The number of ketones is 1. The normalized spacial score (nSPS) is 20.5. The SMILES string of the molecule is CCCOc1ccc([C@@H]2C(C(=O)O[C@@H](C)CC)=C(C)NC3=C2C(=O)C[C@@H](c2ccc(Cl)cc2)C3)cc1. The molecule has 1 aliphatic carbocycles. The standard InChI is InChI=1S/C30H34ClNO4/c1-5-15-35-24-13-9-21(10-14-24)28-27(30(34)36-18(3)6-2)19(4)32-25-16-22(17-26(33)29(25)28)20-7-11-23(31)12-8-20/h7-14,18,22,28,32H,5-6,15-17H2,1-4H3/t18-,22-,28+/m0/s1. The maximum absolute atomic E-state index is 13.7. The molecule has 1 heterocycles. The molecule has 0 saturated carbocycles. The minimum atomic E-state index is -0.489. The van der Waals surface area contributed by atoms with E-state index in [4.69, 9.17) is 21.1 Å². The molecule has 5 nitrogen and oxygen atoms in total. The highest BCUT2D eigenvalue weighted by atomic mass is 35.5. The molecule has 0 unspecified atom stereocenters. The van der Waals surface area contributed by atoms with Crippen LogP contribution in [0.4, 0.5) is 0 Å². The largest absolute Gasteiger partial charge is 0.494 e. The summed E-state index contributed by atoms with van der Waals surface area (Å²) in [4.78, 5) is 27.1. The van der Waals surface area contributed by atoms with Gasteiger partial charge in [-0.3, -0.25) is 4.79 Å². The quantitative estimate of drug-likeness (QED) is 0.396. The fraction of sp³-hybridized carbons (Fsp3) is 0.400. The van der Waals surface area contributed by atoms with Crippen molar-refractivity contribution >= 4 is 23.4 Å². The Kier molecular flexibility index (Phi) is 8.20. The maximum Gasteiger partial charge on any atom is 0.337 e. The summed E-state index contributed by atoms with van der Waals surface area (Å²) in [7, 11) is 0. The number of carbonyl (C=O) groups excluding carboxylic acids is 2. The molecular weight excluding hydrogens is 474 g/mol. The third kappa shape index (κ3) is 5.52. The zero-order chi connectivity index (χ0) is 25.8. The molecule has 2 aliphatic rings. The highest BCUT2D eigenvalue weighted by molar-refractivity contribution is 6.30. The van der Waals surface area contributed by atoms with Gasteiger partial charge in [-0.1, -0.05) is 49.7 Å². The van der Waals surface area contributed by atoms with Gasteiger partial charge in [0.25, 0.3) is 0 Å². The van der Waals surface area contributed by atoms with E-state index in [1.807, 2.05) is 69.3 Å². The van der Waals surface area contributed by atoms with Gasteiger partial charge in [-0.05, 0) is 74.4 Å². The molecule has 0 saturated heterocycles. The van der Waals surface area contributed by atoms with Crippen molar-refractivity contribution in [3.8, 4) is 5.75 Å². The monoisotopic (exact) mass is 507 g/mol. The van der Waals surface area contributed by atoms with E-state index >= 15 is 0 Å². The van der Waals surface area contributed by atoms with Crippen LogP contribution in [0.15, 0.2) is 71.1 Å². The van der Waals surface area contributed by atoms with Crippen molar-refractivity contribution in [1.82, 2.24) is 5.32 Å². The van der Waals surface area contributed by atoms with Crippen molar-refractivity contribution < 1.29 is 19.1 Å². The van der Waals surface area contributed by atoms with Crippen LogP contribution in [0.25, 0.3) is 0 Å². The third-order valence-electron chi connectivity index (χ3n) is 6.96. The van der Waals surface area contributed by atoms with Crippen LogP contribution in [0.3, 0.4) is 0 Å². The summed E-state index contributed by atoms with van der Waals surface area (Å²) in [6, 6.07) is 15.4. The molecule has 0 spiro atoms. The molecule has 0 radical (unpaired) electrons. The van der Waals surface area contributed by atoms with Crippen molar-refractivity contribution in [2.75, 3.05) is 6.61 Å². The number of halogens is 1. The lowest BCUT2D eigenvalue weighted by molar-refractivity contribution is -0.144. The summed E-state index contributed by atoms with van der Waals surface area (Å²) in [5.41, 5.74) is 4.71. The Morgan fingerprint density at radius 2 is 1.72 bits per heavy atom. The van der Waals surface area contributed by atoms with E-state index in [0.29, 0.717) is 35.6 Å². The van der Waals surface area contributed by atoms with Crippen molar-refractivity contribution in [2.45, 2.75) is 71.3 Å². The van der Waals surface area contributed by atoms with Crippen LogP contribution in [0.2, 0.25) is 5.02 Å². The number of esters is 1. The average Bonchev–Trinajstić information content (AvgIpc) is 2.87. The Bertz CT molecular complexity index is 1180. The van der Waals surface area contributed by atoms with E-state index in [2.05, 4.69) is 12.2 Å². The van der Waals surface area contributed by atoms with E-state index in [1.54, 1.807) is 0 Å². The molecule has 0 aromatic heterocycles. The van der Waals surface area contributed by atoms with Gasteiger partial charge in [-0.2, -0.15) is 0 Å². The van der Waals surface area contributed by atoms with E-state index in [-0.39, 0.29) is 23.8 Å². The van der Waals surface area contributed by atoms with Gasteiger partial charge in [0.2, 0.25) is 0 Å². The number of hydrogen-bond donors (Lipinski definition) is 1. The molecule has 2 aromatic carbocycles. The van der Waals surface area contributed by atoms with Gasteiger partial charge in [-0.25, -0.2) is 4.79 Å². The molecule has 3 atom stereocenters. The minimum absolute atomic E-state index is 0.0429. The predicted molar refractivity (Wildman–Crippen MR) is 142 cm³/mol. The first-order valence-corrected chi connectivity index (χ1v) is 13.1. The number of carbonyl (C=O) groups is 2. The number of ether oxygens (including phenoxy) is 2. The van der Waals surface area contributed by atoms with E-state index in [0.717, 1.165) is 41.1 Å². The lowest BCUT2D eigenvalue weighted by Gasteiger charge is -2.37. The van der Waals surface area contributed by atoms with Crippen LogP contribution < -0.4 is 10.1 Å². The second-order valence-corrected chi connectivity index (χ2v) is 10.0. The maximum atomic E-state index is 13.7. The number of allylic oxidation sites excluding steroid dienone is 3. The van der Waals surface area contributed by atoms with Crippen LogP contribution >= 0.6 is 11.6 Å². The van der Waals surface area contributed by atoms with Crippen LogP contribution in [0.1, 0.15) is 76.3 Å². The summed E-state index contributed by atoms with van der Waals surface area (Å²) in [6.07, 6.45) is 2.48. The van der Waals surface area contributed by atoms with Crippen molar-refractivity contribution in [3.05, 3.63) is 87.2 Å². The van der Waals surface area contributed by atoms with Crippen molar-refractivity contribution in [3.63, 3.8) is 0 Å². The minimum Gasteiger partial charge on any atom is -0.494 e. The molecule has 190 valence electrons. The van der Waals surface area contributed by atoms with Gasteiger partial charge in [0, 0.05) is 34.3 Å². The lowest BCUT2D eigenvalue weighted by atomic mass is 9.71. The Balaban J connectivity index is 1.74. The van der Waals surface area contributed by atoms with Crippen LogP contribution in [-0.4, -0.2) is 24.5 Å². The number of dihydropyridines is 1. The zero-order valence-corrected chi connectivity index (χ0v) is 22.2. The molecule has 6 heteroatoms. The molecular formula is C30H34ClNO4. The topological polar surface area (TPSA) is 64.6 Å². The third-order valence-corrected chi connectivity index (χ3v) is 7.21. The fourth-order valence-electron chi connectivity index (χ4n) is 4.92. The highest BCUT2D eigenvalue weighted by Crippen LogP contribution is 2.46. The molecule has 36 heavy (non-hydrogen) atoms. The Hall–Kier alpha value is -3.05. The number of hydrogen-bond acceptors (Lipinski definition) is 5. The molecule has 4 rings (SSSR count). The van der Waals surface area contributed by atoms with Gasteiger partial charge in [0.15, 0.2) is 5.78 Å². The number of rotatable bonds is 8. The fourth-order valence-corrected chi connectivity index (χ4v) is 5.05.